The number of hydrogen-bond donors (Lipinski definition) is 0. The molecule has 0 saturated carbocycles. The number of ether oxygens (including phenoxy) is 3. The third kappa shape index (κ3) is 4.87. The maximum Gasteiger partial charge on any atom is 0.227 e. The molecule has 5 rings (SSSR count). The molecule has 0 N–H and O–H groups in total. The Morgan fingerprint density at radius 3 is 2.31 bits per heavy atom. The molecule has 1 saturated heterocycles. The molecule has 2 heterocycles. The number of fused-ring (bicyclic) bond motifs is 1. The summed E-state index contributed by atoms with van der Waals surface area (Å²) in [6.45, 7) is 6.77. The molecule has 7 heteroatoms. The fourth-order valence-corrected chi connectivity index (χ4v) is 4.75. The van der Waals surface area contributed by atoms with Gasteiger partial charge in [-0.3, -0.25) is 4.79 Å². The van der Waals surface area contributed by atoms with Crippen molar-refractivity contribution in [2.75, 3.05) is 31.3 Å². The second-order valence-electron chi connectivity index (χ2n) is 8.67. The number of nitrogens with zero attached hydrogens (tertiary/aromatic N) is 3. The van der Waals surface area contributed by atoms with Gasteiger partial charge in [0.15, 0.2) is 11.5 Å². The summed E-state index contributed by atoms with van der Waals surface area (Å²) in [4.78, 5) is 19.8. The van der Waals surface area contributed by atoms with Crippen LogP contribution in [-0.2, 0) is 11.3 Å². The lowest BCUT2D eigenvalue weighted by molar-refractivity contribution is -0.117. The second-order valence-corrected chi connectivity index (χ2v) is 8.67. The van der Waals surface area contributed by atoms with Crippen LogP contribution >= 0.6 is 0 Å². The molecule has 1 aliphatic heterocycles. The largest absolute Gasteiger partial charge is 0.494 e. The number of hydrogen-bond acceptors (Lipinski definition) is 5. The lowest BCUT2D eigenvalue weighted by atomic mass is 10.1. The van der Waals surface area contributed by atoms with Gasteiger partial charge in [0.25, 0.3) is 0 Å². The van der Waals surface area contributed by atoms with Crippen molar-refractivity contribution in [3.63, 3.8) is 0 Å². The first-order valence-electron chi connectivity index (χ1n) is 12.5. The highest BCUT2D eigenvalue weighted by molar-refractivity contribution is 5.96. The summed E-state index contributed by atoms with van der Waals surface area (Å²) in [5, 5.41) is 0. The van der Waals surface area contributed by atoms with Gasteiger partial charge in [0.2, 0.25) is 5.91 Å². The van der Waals surface area contributed by atoms with Gasteiger partial charge < -0.3 is 23.7 Å². The Hall–Kier alpha value is -4.00. The number of imidazole rings is 1. The highest BCUT2D eigenvalue weighted by Gasteiger charge is 2.34. The maximum absolute atomic E-state index is 13.0. The average Bonchev–Trinajstić information content (AvgIpc) is 3.46. The Balaban J connectivity index is 1.36. The molecule has 1 aromatic heterocycles. The molecule has 0 bridgehead atoms. The van der Waals surface area contributed by atoms with Gasteiger partial charge in [0.05, 0.1) is 30.8 Å². The van der Waals surface area contributed by atoms with E-state index in [0.29, 0.717) is 39.3 Å². The Kier molecular flexibility index (Phi) is 7.07. The molecule has 4 aromatic rings. The van der Waals surface area contributed by atoms with E-state index in [1.807, 2.05) is 85.5 Å². The van der Waals surface area contributed by atoms with Gasteiger partial charge >= 0.3 is 0 Å². The fraction of sp³-hybridized carbons (Fsp3) is 0.310. The Morgan fingerprint density at radius 1 is 0.861 bits per heavy atom. The van der Waals surface area contributed by atoms with E-state index in [0.717, 1.165) is 39.8 Å². The van der Waals surface area contributed by atoms with Crippen molar-refractivity contribution in [3.8, 4) is 17.2 Å². The number of benzene rings is 3. The normalized spacial score (nSPS) is 15.4. The predicted molar refractivity (Wildman–Crippen MR) is 140 cm³/mol. The molecular weight excluding hydrogens is 454 g/mol. The molecule has 1 amide bonds. The van der Waals surface area contributed by atoms with Gasteiger partial charge in [-0.1, -0.05) is 24.3 Å². The summed E-state index contributed by atoms with van der Waals surface area (Å²) in [6.07, 6.45) is 0.421. The summed E-state index contributed by atoms with van der Waals surface area (Å²) in [5.74, 6) is 3.28. The summed E-state index contributed by atoms with van der Waals surface area (Å²) >= 11 is 0. The third-order valence-electron chi connectivity index (χ3n) is 6.36. The number of anilines is 1. The van der Waals surface area contributed by atoms with Crippen LogP contribution in [0.15, 0.2) is 72.8 Å². The first-order chi connectivity index (χ1) is 17.7. The van der Waals surface area contributed by atoms with E-state index < -0.39 is 0 Å². The summed E-state index contributed by atoms with van der Waals surface area (Å²) < 4.78 is 19.5. The third-order valence-corrected chi connectivity index (χ3v) is 6.36. The smallest absolute Gasteiger partial charge is 0.227 e. The van der Waals surface area contributed by atoms with Crippen molar-refractivity contribution in [2.24, 2.45) is 0 Å². The second kappa shape index (κ2) is 10.7. The summed E-state index contributed by atoms with van der Waals surface area (Å²) in [7, 11) is 0. The molecule has 1 unspecified atom stereocenters. The average molecular weight is 486 g/mol. The zero-order chi connectivity index (χ0) is 24.9. The highest BCUT2D eigenvalue weighted by Crippen LogP contribution is 2.34. The number of para-hydroxylation sites is 4. The lowest BCUT2D eigenvalue weighted by Crippen LogP contribution is -2.24. The molecule has 186 valence electrons. The summed E-state index contributed by atoms with van der Waals surface area (Å²) in [5.41, 5.74) is 2.85. The van der Waals surface area contributed by atoms with Crippen molar-refractivity contribution in [3.05, 3.63) is 78.6 Å². The van der Waals surface area contributed by atoms with Crippen LogP contribution in [0, 0.1) is 0 Å². The van der Waals surface area contributed by atoms with Crippen molar-refractivity contribution in [1.29, 1.82) is 0 Å². The van der Waals surface area contributed by atoms with Gasteiger partial charge in [0, 0.05) is 24.6 Å². The van der Waals surface area contributed by atoms with Crippen molar-refractivity contribution < 1.29 is 19.0 Å². The first kappa shape index (κ1) is 23.7. The Morgan fingerprint density at radius 2 is 1.56 bits per heavy atom. The van der Waals surface area contributed by atoms with Gasteiger partial charge in [-0.15, -0.1) is 0 Å². The van der Waals surface area contributed by atoms with Crippen LogP contribution in [0.4, 0.5) is 5.69 Å². The zero-order valence-corrected chi connectivity index (χ0v) is 20.7. The van der Waals surface area contributed by atoms with Crippen LogP contribution in [0.2, 0.25) is 0 Å². The standard InChI is InChI=1S/C29H31N3O4/c1-3-34-23-15-13-22(14-16-23)32-20-21(19-28(32)33)29-30-24-9-5-6-10-25(24)31(29)17-18-36-27-12-8-7-11-26(27)35-4-2/h5-16,21H,3-4,17-20H2,1-2H3. The number of carbonyl (C=O) groups excluding carboxylic acids is 1. The van der Waals surface area contributed by atoms with E-state index >= 15 is 0 Å². The minimum atomic E-state index is -0.00724. The molecule has 1 aliphatic rings. The number of carbonyl (C=O) groups is 1. The Labute approximate surface area is 211 Å². The minimum Gasteiger partial charge on any atom is -0.494 e. The molecule has 1 fully saturated rings. The Bertz CT molecular complexity index is 1330. The molecule has 7 nitrogen and oxygen atoms in total. The van der Waals surface area contributed by atoms with Gasteiger partial charge in [0.1, 0.15) is 18.2 Å². The van der Waals surface area contributed by atoms with Crippen LogP contribution in [0.1, 0.15) is 32.0 Å². The molecule has 3 aromatic carbocycles. The predicted octanol–water partition coefficient (Wildman–Crippen LogP) is 5.43. The van der Waals surface area contributed by atoms with Crippen LogP contribution in [0.25, 0.3) is 11.0 Å². The monoisotopic (exact) mass is 485 g/mol. The topological polar surface area (TPSA) is 65.8 Å². The van der Waals surface area contributed by atoms with Gasteiger partial charge in [-0.25, -0.2) is 4.98 Å². The molecule has 1 atom stereocenters. The molecule has 0 spiro atoms. The number of aromatic nitrogens is 2. The van der Waals surface area contributed by atoms with Crippen molar-refractivity contribution in [2.45, 2.75) is 32.7 Å². The van der Waals surface area contributed by atoms with Crippen molar-refractivity contribution >= 4 is 22.6 Å². The van der Waals surface area contributed by atoms with Crippen LogP contribution in [0.5, 0.6) is 17.2 Å². The lowest BCUT2D eigenvalue weighted by Gasteiger charge is -2.18. The van der Waals surface area contributed by atoms with Crippen molar-refractivity contribution in [1.82, 2.24) is 9.55 Å². The number of amides is 1. The first-order valence-corrected chi connectivity index (χ1v) is 12.5. The van der Waals surface area contributed by atoms with E-state index in [-0.39, 0.29) is 11.8 Å². The fourth-order valence-electron chi connectivity index (χ4n) is 4.75. The van der Waals surface area contributed by atoms with Gasteiger partial charge in [-0.05, 0) is 62.4 Å². The maximum atomic E-state index is 13.0. The number of rotatable bonds is 10. The molecule has 0 radical (unpaired) electrons. The quantitative estimate of drug-likeness (QED) is 0.300. The summed E-state index contributed by atoms with van der Waals surface area (Å²) in [6, 6.07) is 23.5. The van der Waals surface area contributed by atoms with Crippen LogP contribution in [0.3, 0.4) is 0 Å². The molecular formula is C29H31N3O4. The van der Waals surface area contributed by atoms with E-state index in [1.165, 1.54) is 0 Å². The van der Waals surface area contributed by atoms with E-state index in [2.05, 4.69) is 10.6 Å². The van der Waals surface area contributed by atoms with Crippen LogP contribution < -0.4 is 19.1 Å². The van der Waals surface area contributed by atoms with Gasteiger partial charge in [-0.2, -0.15) is 0 Å². The highest BCUT2D eigenvalue weighted by atomic mass is 16.5. The van der Waals surface area contributed by atoms with Crippen LogP contribution in [-0.4, -0.2) is 41.8 Å². The van der Waals surface area contributed by atoms with E-state index in [9.17, 15) is 4.79 Å². The van der Waals surface area contributed by atoms with E-state index in [1.54, 1.807) is 0 Å². The molecule has 0 aliphatic carbocycles. The minimum absolute atomic E-state index is 0.00724. The zero-order valence-electron chi connectivity index (χ0n) is 20.7. The SMILES string of the molecule is CCOc1ccc(N2CC(c3nc4ccccc4n3CCOc3ccccc3OCC)CC2=O)cc1. The van der Waals surface area contributed by atoms with E-state index in [4.69, 9.17) is 19.2 Å². The molecule has 36 heavy (non-hydrogen) atoms.